The van der Waals surface area contributed by atoms with E-state index in [2.05, 4.69) is 0 Å². The molecule has 0 amide bonds. The third-order valence-electron chi connectivity index (χ3n) is 8.17. The molecule has 6 heteroatoms. The molecule has 3 aliphatic heterocycles. The Morgan fingerprint density at radius 3 is 2.68 bits per heavy atom. The van der Waals surface area contributed by atoms with Crippen LogP contribution in [-0.2, 0) is 19.1 Å². The zero-order valence-electron chi connectivity index (χ0n) is 14.6. The van der Waals surface area contributed by atoms with E-state index in [4.69, 9.17) is 9.47 Å². The van der Waals surface area contributed by atoms with Crippen LogP contribution in [0, 0.1) is 28.1 Å². The second-order valence-electron chi connectivity index (χ2n) is 9.23. The molecule has 5 fully saturated rings. The minimum atomic E-state index is -1.44. The van der Waals surface area contributed by atoms with Gasteiger partial charge >= 0.3 is 11.9 Å². The molecular formula is C19H24O6. The van der Waals surface area contributed by atoms with Crippen LogP contribution in [0.3, 0.4) is 0 Å². The molecule has 0 aromatic carbocycles. The normalized spacial score (nSPS) is 55.9. The maximum atomic E-state index is 12.7. The summed E-state index contributed by atoms with van der Waals surface area (Å²) in [5, 5.41) is 20.6. The van der Waals surface area contributed by atoms with Crippen LogP contribution in [0.1, 0.15) is 46.0 Å². The number of aliphatic carboxylic acids is 1. The van der Waals surface area contributed by atoms with E-state index in [1.165, 1.54) is 0 Å². The van der Waals surface area contributed by atoms with Gasteiger partial charge in [0.1, 0.15) is 11.5 Å². The molecule has 2 N–H and O–H groups in total. The van der Waals surface area contributed by atoms with E-state index in [-0.39, 0.29) is 29.3 Å². The van der Waals surface area contributed by atoms with E-state index >= 15 is 0 Å². The summed E-state index contributed by atoms with van der Waals surface area (Å²) in [7, 11) is 0. The Balaban J connectivity index is 1.65. The minimum absolute atomic E-state index is 0.0945. The number of carboxylic acids is 1. The van der Waals surface area contributed by atoms with Gasteiger partial charge in [-0.15, -0.1) is 0 Å². The van der Waals surface area contributed by atoms with Crippen LogP contribution in [0.5, 0.6) is 0 Å². The van der Waals surface area contributed by atoms with Crippen molar-refractivity contribution >= 4 is 11.9 Å². The molecule has 0 aromatic heterocycles. The lowest BCUT2D eigenvalue weighted by Gasteiger charge is -2.65. The Labute approximate surface area is 146 Å². The predicted octanol–water partition coefficient (Wildman–Crippen LogP) is 1.86. The molecule has 7 unspecified atom stereocenters. The largest absolute Gasteiger partial charge is 0.481 e. The molecule has 3 heterocycles. The second kappa shape index (κ2) is 4.29. The Hall–Kier alpha value is -1.40. The molecule has 6 nitrogen and oxygen atoms in total. The van der Waals surface area contributed by atoms with Crippen LogP contribution in [0.2, 0.25) is 0 Å². The summed E-state index contributed by atoms with van der Waals surface area (Å²) in [6, 6.07) is 0. The number of carbonyl (C=O) groups excluding carboxylic acids is 1. The highest BCUT2D eigenvalue weighted by Crippen LogP contribution is 2.71. The van der Waals surface area contributed by atoms with Crippen LogP contribution >= 0.6 is 0 Å². The number of allylic oxidation sites excluding steroid dienone is 1. The summed E-state index contributed by atoms with van der Waals surface area (Å²) in [6.07, 6.45) is 4.74. The summed E-state index contributed by atoms with van der Waals surface area (Å²) in [5.74, 6) is -2.48. The highest BCUT2D eigenvalue weighted by Gasteiger charge is 2.78. The number of ether oxygens (including phenoxy) is 2. The first kappa shape index (κ1) is 15.8. The van der Waals surface area contributed by atoms with Crippen LogP contribution in [-0.4, -0.2) is 40.6 Å². The van der Waals surface area contributed by atoms with Gasteiger partial charge in [0.05, 0.1) is 12.0 Å². The zero-order valence-corrected chi connectivity index (χ0v) is 14.6. The summed E-state index contributed by atoms with van der Waals surface area (Å²) < 4.78 is 11.6. The molecule has 0 radical (unpaired) electrons. The van der Waals surface area contributed by atoms with Crippen molar-refractivity contribution in [2.24, 2.45) is 28.1 Å². The Bertz CT molecular complexity index is 717. The third kappa shape index (κ3) is 1.55. The highest BCUT2D eigenvalue weighted by molar-refractivity contribution is 5.82. The number of aliphatic hydroxyl groups is 1. The average molecular weight is 348 g/mol. The summed E-state index contributed by atoms with van der Waals surface area (Å²) in [5.41, 5.74) is -0.933. The highest BCUT2D eigenvalue weighted by atomic mass is 16.6. The molecule has 2 bridgehead atoms. The molecule has 6 aliphatic rings. The molecule has 3 saturated heterocycles. The summed E-state index contributed by atoms with van der Waals surface area (Å²) >= 11 is 0. The first-order valence-corrected chi connectivity index (χ1v) is 9.18. The lowest BCUT2D eigenvalue weighted by molar-refractivity contribution is -0.367. The predicted molar refractivity (Wildman–Crippen MR) is 85.2 cm³/mol. The van der Waals surface area contributed by atoms with Gasteiger partial charge in [-0.2, -0.15) is 0 Å². The van der Waals surface area contributed by atoms with Gasteiger partial charge in [-0.25, -0.2) is 0 Å². The average Bonchev–Trinajstić information content (AvgIpc) is 2.83. The van der Waals surface area contributed by atoms with Crippen LogP contribution < -0.4 is 0 Å². The quantitative estimate of drug-likeness (QED) is 0.555. The molecule has 1 spiro atoms. The van der Waals surface area contributed by atoms with Gasteiger partial charge < -0.3 is 19.7 Å². The monoisotopic (exact) mass is 348 g/mol. The molecule has 136 valence electrons. The lowest BCUT2D eigenvalue weighted by atomic mass is 9.42. The molecular weight excluding hydrogens is 324 g/mol. The van der Waals surface area contributed by atoms with Gasteiger partial charge in [-0.05, 0) is 51.5 Å². The van der Waals surface area contributed by atoms with Crippen molar-refractivity contribution < 1.29 is 29.3 Å². The van der Waals surface area contributed by atoms with Gasteiger partial charge in [-0.3, -0.25) is 9.59 Å². The number of hydrogen-bond donors (Lipinski definition) is 2. The zero-order chi connectivity index (χ0) is 17.8. The maximum absolute atomic E-state index is 12.7. The summed E-state index contributed by atoms with van der Waals surface area (Å²) in [4.78, 5) is 24.4. The van der Waals surface area contributed by atoms with Gasteiger partial charge in [-0.1, -0.05) is 5.57 Å². The van der Waals surface area contributed by atoms with Gasteiger partial charge in [0, 0.05) is 17.8 Å². The van der Waals surface area contributed by atoms with Crippen molar-refractivity contribution in [1.82, 2.24) is 0 Å². The minimum Gasteiger partial charge on any atom is -0.481 e. The Morgan fingerprint density at radius 1 is 1.28 bits per heavy atom. The number of carboxylic acid groups (broad SMARTS) is 1. The van der Waals surface area contributed by atoms with Crippen molar-refractivity contribution in [2.75, 3.05) is 6.61 Å². The topological polar surface area (TPSA) is 93.1 Å². The van der Waals surface area contributed by atoms with Gasteiger partial charge in [0.2, 0.25) is 0 Å². The molecule has 2 saturated carbocycles. The van der Waals surface area contributed by atoms with Crippen LogP contribution in [0.15, 0.2) is 11.6 Å². The maximum Gasteiger partial charge on any atom is 0.318 e. The van der Waals surface area contributed by atoms with Gasteiger partial charge in [0.15, 0.2) is 5.79 Å². The standard InChI is InChI=1S/C19H24O6/c1-16(14(20)21)4-3-11-10(8-16)7-12-13-17(2,15(22)25-12)19(23)6-5-18(11,13)9-24-19/h7,11-13,23H,3-6,8-9H2,1-2H3,(H,20,21). The molecule has 25 heavy (non-hydrogen) atoms. The molecule has 6 rings (SSSR count). The number of esters is 1. The fraction of sp³-hybridized carbons (Fsp3) is 0.789. The van der Waals surface area contributed by atoms with E-state index in [0.29, 0.717) is 25.9 Å². The van der Waals surface area contributed by atoms with Crippen LogP contribution in [0.25, 0.3) is 0 Å². The van der Waals surface area contributed by atoms with E-state index in [0.717, 1.165) is 18.4 Å². The van der Waals surface area contributed by atoms with E-state index in [9.17, 15) is 19.8 Å². The smallest absolute Gasteiger partial charge is 0.318 e. The van der Waals surface area contributed by atoms with Crippen molar-refractivity contribution in [2.45, 2.75) is 57.8 Å². The number of hydrogen-bond acceptors (Lipinski definition) is 5. The second-order valence-corrected chi connectivity index (χ2v) is 9.23. The first-order chi connectivity index (χ1) is 11.7. The third-order valence-corrected chi connectivity index (χ3v) is 8.17. The molecule has 7 atom stereocenters. The van der Waals surface area contributed by atoms with Crippen molar-refractivity contribution in [3.05, 3.63) is 11.6 Å². The van der Waals surface area contributed by atoms with Crippen LogP contribution in [0.4, 0.5) is 0 Å². The van der Waals surface area contributed by atoms with Crippen molar-refractivity contribution in [1.29, 1.82) is 0 Å². The van der Waals surface area contributed by atoms with Gasteiger partial charge in [0.25, 0.3) is 0 Å². The molecule has 0 aromatic rings. The van der Waals surface area contributed by atoms with E-state index in [1.54, 1.807) is 13.8 Å². The van der Waals surface area contributed by atoms with E-state index in [1.807, 2.05) is 6.08 Å². The molecule has 3 aliphatic carbocycles. The Morgan fingerprint density at radius 2 is 2.04 bits per heavy atom. The Kier molecular flexibility index (Phi) is 2.71. The summed E-state index contributed by atoms with van der Waals surface area (Å²) in [6.45, 7) is 4.01. The number of fused-ring (bicyclic) bond motifs is 3. The lowest BCUT2D eigenvalue weighted by Crippen LogP contribution is -2.71. The fourth-order valence-corrected chi connectivity index (χ4v) is 6.69. The van der Waals surface area contributed by atoms with Crippen molar-refractivity contribution in [3.63, 3.8) is 0 Å². The van der Waals surface area contributed by atoms with E-state index < -0.39 is 22.6 Å². The number of carbonyl (C=O) groups is 2. The first-order valence-electron chi connectivity index (χ1n) is 9.18. The SMILES string of the molecule is CC1(C(=O)O)CCC2C(=CC3OC(=O)C4(C)C3C23CCC4(O)OC3)C1. The van der Waals surface area contributed by atoms with Crippen molar-refractivity contribution in [3.8, 4) is 0 Å². The number of rotatable bonds is 1. The fourth-order valence-electron chi connectivity index (χ4n) is 6.69.